The molecule has 0 fully saturated rings. The van der Waals surface area contributed by atoms with E-state index in [1.807, 2.05) is 0 Å². The van der Waals surface area contributed by atoms with Gasteiger partial charge in [0.1, 0.15) is 23.8 Å². The van der Waals surface area contributed by atoms with Crippen LogP contribution in [0.1, 0.15) is 11.3 Å². The number of hydrogen-bond donors (Lipinski definition) is 1. The number of halogens is 2. The fourth-order valence-corrected chi connectivity index (χ4v) is 3.17. The molecule has 0 radical (unpaired) electrons. The van der Waals surface area contributed by atoms with Crippen molar-refractivity contribution in [2.45, 2.75) is 20.0 Å². The predicted molar refractivity (Wildman–Crippen MR) is 109 cm³/mol. The summed E-state index contributed by atoms with van der Waals surface area (Å²) in [6.45, 7) is 1.58. The number of fused-ring (bicyclic) bond motifs is 1. The van der Waals surface area contributed by atoms with Crippen LogP contribution in [-0.2, 0) is 17.9 Å². The molecule has 4 aromatic rings. The Morgan fingerprint density at radius 1 is 1.17 bits per heavy atom. The number of nitrogens with zero attached hydrogens (tertiary/aromatic N) is 3. The van der Waals surface area contributed by atoms with Crippen LogP contribution in [0.2, 0.25) is 5.02 Å². The smallest absolute Gasteiger partial charge is 0.297 e. The van der Waals surface area contributed by atoms with Gasteiger partial charge in [-0.1, -0.05) is 41.0 Å². The van der Waals surface area contributed by atoms with E-state index < -0.39 is 11.5 Å². The van der Waals surface area contributed by atoms with Crippen LogP contribution < -0.4 is 10.9 Å². The van der Waals surface area contributed by atoms with Crippen LogP contribution in [0, 0.1) is 12.7 Å². The van der Waals surface area contributed by atoms with Gasteiger partial charge < -0.3 is 9.84 Å². The summed E-state index contributed by atoms with van der Waals surface area (Å²) in [5, 5.41) is 12.0. The first kappa shape index (κ1) is 19.8. The molecule has 0 aliphatic carbocycles. The minimum absolute atomic E-state index is 0.0961. The van der Waals surface area contributed by atoms with Crippen molar-refractivity contribution in [3.05, 3.63) is 81.0 Å². The SMILES string of the molecule is Cc1onc2c(=O)n(CC(=O)NCc3ccc(F)cc3)nc(-c3ccc(Cl)cc3)c12. The lowest BCUT2D eigenvalue weighted by Gasteiger charge is -2.10. The standard InChI is InChI=1S/C21H16ClFN4O3/c1-12-18-19(14-4-6-15(22)7-5-14)25-27(21(29)20(18)26-30-12)11-17(28)24-10-13-2-8-16(23)9-3-13/h2-9H,10-11H2,1H3,(H,24,28). The summed E-state index contributed by atoms with van der Waals surface area (Å²) >= 11 is 5.97. The van der Waals surface area contributed by atoms with Crippen molar-refractivity contribution < 1.29 is 13.7 Å². The average molecular weight is 427 g/mol. The zero-order valence-electron chi connectivity index (χ0n) is 15.9. The quantitative estimate of drug-likeness (QED) is 0.527. The lowest BCUT2D eigenvalue weighted by atomic mass is 10.1. The van der Waals surface area contributed by atoms with E-state index in [0.717, 1.165) is 10.2 Å². The van der Waals surface area contributed by atoms with Crippen LogP contribution in [-0.4, -0.2) is 20.8 Å². The molecule has 0 unspecified atom stereocenters. The Hall–Kier alpha value is -3.52. The van der Waals surface area contributed by atoms with Gasteiger partial charge in [0.2, 0.25) is 5.91 Å². The van der Waals surface area contributed by atoms with E-state index >= 15 is 0 Å². The Bertz CT molecular complexity index is 1280. The highest BCUT2D eigenvalue weighted by Gasteiger charge is 2.20. The van der Waals surface area contributed by atoms with E-state index in [1.165, 1.54) is 12.1 Å². The van der Waals surface area contributed by atoms with Gasteiger partial charge in [-0.3, -0.25) is 9.59 Å². The fraction of sp³-hybridized carbons (Fsp3) is 0.143. The van der Waals surface area contributed by atoms with Gasteiger partial charge in [-0.05, 0) is 36.8 Å². The van der Waals surface area contributed by atoms with E-state index in [2.05, 4.69) is 15.6 Å². The molecular weight excluding hydrogens is 411 g/mol. The molecule has 2 aromatic carbocycles. The molecule has 0 aliphatic heterocycles. The van der Waals surface area contributed by atoms with E-state index in [1.54, 1.807) is 43.3 Å². The van der Waals surface area contributed by atoms with Crippen LogP contribution in [0.15, 0.2) is 57.8 Å². The van der Waals surface area contributed by atoms with E-state index in [-0.39, 0.29) is 24.4 Å². The highest BCUT2D eigenvalue weighted by molar-refractivity contribution is 6.30. The topological polar surface area (TPSA) is 90.0 Å². The molecule has 2 aromatic heterocycles. The lowest BCUT2D eigenvalue weighted by molar-refractivity contribution is -0.122. The first-order chi connectivity index (χ1) is 14.4. The molecule has 4 rings (SSSR count). The monoisotopic (exact) mass is 426 g/mol. The summed E-state index contributed by atoms with van der Waals surface area (Å²) in [4.78, 5) is 25.2. The second kappa shape index (κ2) is 8.08. The third-order valence-corrected chi connectivity index (χ3v) is 4.82. The molecule has 2 heterocycles. The minimum atomic E-state index is -0.531. The number of benzene rings is 2. The van der Waals surface area contributed by atoms with Crippen molar-refractivity contribution >= 4 is 28.4 Å². The normalized spacial score (nSPS) is 11.0. The Kier molecular flexibility index (Phi) is 5.33. The maximum absolute atomic E-state index is 13.0. The second-order valence-electron chi connectivity index (χ2n) is 6.68. The van der Waals surface area contributed by atoms with Crippen LogP contribution in [0.4, 0.5) is 4.39 Å². The molecule has 0 aliphatic rings. The number of aryl methyl sites for hydroxylation is 1. The van der Waals surface area contributed by atoms with Crippen LogP contribution in [0.25, 0.3) is 22.2 Å². The Balaban J connectivity index is 1.64. The predicted octanol–water partition coefficient (Wildman–Crippen LogP) is 3.47. The molecule has 0 saturated heterocycles. The van der Waals surface area contributed by atoms with Crippen LogP contribution in [0.5, 0.6) is 0 Å². The molecule has 0 atom stereocenters. The number of carbonyl (C=O) groups excluding carboxylic acids is 1. The highest BCUT2D eigenvalue weighted by Crippen LogP contribution is 2.28. The van der Waals surface area contributed by atoms with Gasteiger partial charge in [0.25, 0.3) is 5.56 Å². The maximum atomic E-state index is 13.0. The molecule has 9 heteroatoms. The summed E-state index contributed by atoms with van der Waals surface area (Å²) in [6.07, 6.45) is 0. The molecule has 152 valence electrons. The molecule has 7 nitrogen and oxygen atoms in total. The molecule has 0 saturated carbocycles. The molecule has 1 amide bonds. The van der Waals surface area contributed by atoms with E-state index in [0.29, 0.717) is 27.4 Å². The Morgan fingerprint density at radius 3 is 2.57 bits per heavy atom. The molecule has 30 heavy (non-hydrogen) atoms. The first-order valence-electron chi connectivity index (χ1n) is 9.06. The molecule has 0 spiro atoms. The first-order valence-corrected chi connectivity index (χ1v) is 9.44. The zero-order valence-corrected chi connectivity index (χ0v) is 16.6. The van der Waals surface area contributed by atoms with Crippen molar-refractivity contribution in [1.29, 1.82) is 0 Å². The number of aromatic nitrogens is 3. The van der Waals surface area contributed by atoms with Gasteiger partial charge >= 0.3 is 0 Å². The zero-order chi connectivity index (χ0) is 21.3. The summed E-state index contributed by atoms with van der Waals surface area (Å²) in [7, 11) is 0. The van der Waals surface area contributed by atoms with Crippen LogP contribution in [0.3, 0.4) is 0 Å². The van der Waals surface area contributed by atoms with Gasteiger partial charge in [0.15, 0.2) is 5.52 Å². The number of amides is 1. The van der Waals surface area contributed by atoms with Crippen molar-refractivity contribution in [3.63, 3.8) is 0 Å². The lowest BCUT2D eigenvalue weighted by Crippen LogP contribution is -2.33. The van der Waals surface area contributed by atoms with Gasteiger partial charge in [0.05, 0.1) is 5.39 Å². The molecule has 0 bridgehead atoms. The molecule has 1 N–H and O–H groups in total. The highest BCUT2D eigenvalue weighted by atomic mass is 35.5. The van der Waals surface area contributed by atoms with Gasteiger partial charge in [-0.25, -0.2) is 9.07 Å². The third-order valence-electron chi connectivity index (χ3n) is 4.57. The number of carbonyl (C=O) groups is 1. The summed E-state index contributed by atoms with van der Waals surface area (Å²) in [6, 6.07) is 12.7. The summed E-state index contributed by atoms with van der Waals surface area (Å²) in [5.74, 6) is -0.324. The molecular formula is C21H16ClFN4O3. The number of hydrogen-bond acceptors (Lipinski definition) is 5. The largest absolute Gasteiger partial charge is 0.360 e. The minimum Gasteiger partial charge on any atom is -0.360 e. The number of rotatable bonds is 5. The second-order valence-corrected chi connectivity index (χ2v) is 7.12. The fourth-order valence-electron chi connectivity index (χ4n) is 3.05. The van der Waals surface area contributed by atoms with Crippen molar-refractivity contribution in [2.24, 2.45) is 0 Å². The number of nitrogens with one attached hydrogen (secondary N) is 1. The van der Waals surface area contributed by atoms with Crippen molar-refractivity contribution in [3.8, 4) is 11.3 Å². The van der Waals surface area contributed by atoms with Crippen LogP contribution >= 0.6 is 11.6 Å². The third kappa shape index (κ3) is 3.95. The van der Waals surface area contributed by atoms with Crippen molar-refractivity contribution in [1.82, 2.24) is 20.3 Å². The van der Waals surface area contributed by atoms with Gasteiger partial charge in [-0.2, -0.15) is 5.10 Å². The van der Waals surface area contributed by atoms with E-state index in [4.69, 9.17) is 16.1 Å². The van der Waals surface area contributed by atoms with Gasteiger partial charge in [-0.15, -0.1) is 0 Å². The Labute approximate surface area is 175 Å². The van der Waals surface area contributed by atoms with Crippen molar-refractivity contribution in [2.75, 3.05) is 0 Å². The Morgan fingerprint density at radius 2 is 1.87 bits per heavy atom. The summed E-state index contributed by atoms with van der Waals surface area (Å²) in [5.41, 5.74) is 1.47. The van der Waals surface area contributed by atoms with Gasteiger partial charge in [0, 0.05) is 17.1 Å². The maximum Gasteiger partial charge on any atom is 0.297 e. The average Bonchev–Trinajstić information content (AvgIpc) is 3.12. The van der Waals surface area contributed by atoms with E-state index in [9.17, 15) is 14.0 Å². The summed E-state index contributed by atoms with van der Waals surface area (Å²) < 4.78 is 19.2.